The highest BCUT2D eigenvalue weighted by Crippen LogP contribution is 2.56. The molecule has 1 aromatic rings. The standard InChI is InChI=1S/C36H48N4O5/c1-38(2)25-15-22(17-40-12-11-18-7-5-6-8-20(18)16-40)32(41)29-23(25)13-21-14-24-28(33(42)27(21)34(29)43)26(19-9-10-19)30(36(37)45)35(44)31(24)39(3)4/h15,18,20-21,24,28,31,41-42,44H,5-14,16-17H2,1-4H3,(H2,37,45)/t18?,20?,21?,24?,28?,31-/m0/s1. The second-order valence-corrected chi connectivity index (χ2v) is 14.9. The van der Waals surface area contributed by atoms with Crippen molar-refractivity contribution >= 4 is 17.4 Å². The second kappa shape index (κ2) is 11.2. The molecule has 5 N–H and O–H groups in total. The summed E-state index contributed by atoms with van der Waals surface area (Å²) in [5.74, 6) is -0.722. The number of aromatic hydroxyl groups is 1. The maximum Gasteiger partial charge on any atom is 0.252 e. The quantitative estimate of drug-likeness (QED) is 0.378. The minimum atomic E-state index is -0.720. The number of aliphatic hydroxyl groups is 2. The van der Waals surface area contributed by atoms with Crippen LogP contribution in [0.5, 0.6) is 5.75 Å². The van der Waals surface area contributed by atoms with Crippen LogP contribution in [0.3, 0.4) is 0 Å². The number of benzene rings is 1. The molecule has 9 nitrogen and oxygen atoms in total. The van der Waals surface area contributed by atoms with Crippen LogP contribution in [0.2, 0.25) is 0 Å². The number of phenolic OH excluding ortho intramolecular Hbond substituents is 1. The number of fused-ring (bicyclic) bond motifs is 4. The van der Waals surface area contributed by atoms with Crippen molar-refractivity contribution in [3.63, 3.8) is 0 Å². The third kappa shape index (κ3) is 4.89. The molecule has 1 heterocycles. The van der Waals surface area contributed by atoms with Gasteiger partial charge in [-0.3, -0.25) is 19.4 Å². The van der Waals surface area contributed by atoms with E-state index >= 15 is 0 Å². The molecule has 6 aliphatic rings. The van der Waals surface area contributed by atoms with Crippen molar-refractivity contribution in [1.82, 2.24) is 9.80 Å². The van der Waals surface area contributed by atoms with Crippen molar-refractivity contribution in [3.8, 4) is 5.75 Å². The molecular weight excluding hydrogens is 568 g/mol. The van der Waals surface area contributed by atoms with Crippen molar-refractivity contribution < 1.29 is 24.9 Å². The summed E-state index contributed by atoms with van der Waals surface area (Å²) in [5.41, 5.74) is 10.7. The Bertz CT molecular complexity index is 1550. The van der Waals surface area contributed by atoms with Crippen LogP contribution in [0.4, 0.5) is 5.69 Å². The van der Waals surface area contributed by atoms with Crippen molar-refractivity contribution in [2.24, 2.45) is 35.3 Å². The first-order valence-corrected chi connectivity index (χ1v) is 16.8. The number of piperidine rings is 1. The number of Topliss-reactive ketones (excluding diaryl/α,β-unsaturated/α-hetero) is 1. The third-order valence-corrected chi connectivity index (χ3v) is 11.8. The zero-order valence-corrected chi connectivity index (χ0v) is 27.1. The highest BCUT2D eigenvalue weighted by Gasteiger charge is 2.54. The fourth-order valence-electron chi connectivity index (χ4n) is 9.73. The van der Waals surface area contributed by atoms with Gasteiger partial charge in [0, 0.05) is 49.9 Å². The molecule has 0 spiro atoms. The van der Waals surface area contributed by atoms with Crippen LogP contribution in [-0.2, 0) is 17.8 Å². The number of hydrogen-bond donors (Lipinski definition) is 4. The van der Waals surface area contributed by atoms with E-state index in [0.717, 1.165) is 54.2 Å². The normalized spacial score (nSPS) is 31.4. The highest BCUT2D eigenvalue weighted by atomic mass is 16.3. The number of rotatable bonds is 5. The number of primary amides is 1. The Hall–Kier alpha value is -3.30. The van der Waals surface area contributed by atoms with Crippen molar-refractivity contribution in [2.45, 2.75) is 70.4 Å². The van der Waals surface area contributed by atoms with Gasteiger partial charge in [0.25, 0.3) is 5.91 Å². The van der Waals surface area contributed by atoms with Crippen LogP contribution in [0.25, 0.3) is 0 Å². The van der Waals surface area contributed by atoms with Gasteiger partial charge >= 0.3 is 0 Å². The first-order chi connectivity index (χ1) is 21.5. The molecule has 7 rings (SSSR count). The molecule has 9 heteroatoms. The zero-order chi connectivity index (χ0) is 31.9. The summed E-state index contributed by atoms with van der Waals surface area (Å²) < 4.78 is 0. The number of anilines is 1. The molecule has 1 aliphatic heterocycles. The van der Waals surface area contributed by atoms with Gasteiger partial charge in [0.15, 0.2) is 5.78 Å². The van der Waals surface area contributed by atoms with Gasteiger partial charge in [0.05, 0.1) is 17.2 Å². The van der Waals surface area contributed by atoms with E-state index in [1.54, 1.807) is 0 Å². The van der Waals surface area contributed by atoms with E-state index in [2.05, 4.69) is 11.0 Å². The number of nitrogens with two attached hydrogens (primary N) is 1. The predicted octanol–water partition coefficient (Wildman–Crippen LogP) is 4.61. The Morgan fingerprint density at radius 3 is 2.36 bits per heavy atom. The van der Waals surface area contributed by atoms with Crippen LogP contribution in [0.1, 0.15) is 72.9 Å². The fourth-order valence-corrected chi connectivity index (χ4v) is 9.73. The Kier molecular flexibility index (Phi) is 7.55. The molecule has 1 aromatic carbocycles. The lowest BCUT2D eigenvalue weighted by Crippen LogP contribution is -2.50. The summed E-state index contributed by atoms with van der Waals surface area (Å²) in [4.78, 5) is 33.6. The number of ketones is 1. The van der Waals surface area contributed by atoms with E-state index in [9.17, 15) is 24.9 Å². The highest BCUT2D eigenvalue weighted by molar-refractivity contribution is 6.14. The number of hydrogen-bond acceptors (Lipinski definition) is 8. The first-order valence-electron chi connectivity index (χ1n) is 16.8. The number of carbonyl (C=O) groups excluding carboxylic acids is 2. The molecule has 3 fully saturated rings. The molecule has 6 atom stereocenters. The summed E-state index contributed by atoms with van der Waals surface area (Å²) in [5, 5.41) is 35.3. The van der Waals surface area contributed by atoms with Gasteiger partial charge in [-0.05, 0) is 100 Å². The van der Waals surface area contributed by atoms with Gasteiger partial charge in [0.2, 0.25) is 0 Å². The average Bonchev–Trinajstić information content (AvgIpc) is 3.82. The Morgan fingerprint density at radius 2 is 1.71 bits per heavy atom. The maximum atomic E-state index is 14.6. The number of nitrogens with zero attached hydrogens (tertiary/aromatic N) is 3. The number of carbonyl (C=O) groups is 2. The molecule has 1 saturated heterocycles. The summed E-state index contributed by atoms with van der Waals surface area (Å²) in [6.45, 7) is 2.60. The predicted molar refractivity (Wildman–Crippen MR) is 173 cm³/mol. The smallest absolute Gasteiger partial charge is 0.252 e. The maximum absolute atomic E-state index is 14.6. The second-order valence-electron chi connectivity index (χ2n) is 14.9. The largest absolute Gasteiger partial charge is 0.511 e. The number of aliphatic hydroxyl groups excluding tert-OH is 2. The Balaban J connectivity index is 1.31. The molecule has 0 bridgehead atoms. The van der Waals surface area contributed by atoms with Gasteiger partial charge in [-0.1, -0.05) is 24.8 Å². The zero-order valence-electron chi connectivity index (χ0n) is 27.1. The van der Waals surface area contributed by atoms with Gasteiger partial charge < -0.3 is 26.0 Å². The van der Waals surface area contributed by atoms with E-state index in [1.165, 1.54) is 32.1 Å². The average molecular weight is 617 g/mol. The summed E-state index contributed by atoms with van der Waals surface area (Å²) >= 11 is 0. The molecule has 1 amide bonds. The van der Waals surface area contributed by atoms with E-state index in [4.69, 9.17) is 5.73 Å². The summed E-state index contributed by atoms with van der Waals surface area (Å²) in [6, 6.07) is 1.53. The monoisotopic (exact) mass is 616 g/mol. The first kappa shape index (κ1) is 30.4. The van der Waals surface area contributed by atoms with Crippen LogP contribution >= 0.6 is 0 Å². The Labute approximate surface area is 266 Å². The van der Waals surface area contributed by atoms with Crippen LogP contribution in [-0.4, -0.2) is 84.1 Å². The van der Waals surface area contributed by atoms with Gasteiger partial charge in [-0.25, -0.2) is 0 Å². The van der Waals surface area contributed by atoms with Crippen LogP contribution in [0.15, 0.2) is 39.9 Å². The molecular formula is C36H48N4O5. The fraction of sp³-hybridized carbons (Fsp3) is 0.611. The van der Waals surface area contributed by atoms with Gasteiger partial charge in [-0.2, -0.15) is 0 Å². The van der Waals surface area contributed by atoms with Crippen LogP contribution < -0.4 is 10.6 Å². The SMILES string of the molecule is CN(C)c1cc(CN2CCC3CCCCC3C2)c(O)c2c1CC1CC3C(C(O)=C1C2=O)C(=C1CC1)C(C(N)=O)=C(O)[C@H]3N(C)C. The number of allylic oxidation sites excluding steroid dienone is 3. The van der Waals surface area contributed by atoms with Gasteiger partial charge in [-0.15, -0.1) is 0 Å². The van der Waals surface area contributed by atoms with E-state index < -0.39 is 17.9 Å². The van der Waals surface area contributed by atoms with E-state index in [0.29, 0.717) is 42.0 Å². The molecule has 0 aromatic heterocycles. The number of likely N-dealkylation sites (N-methyl/N-ethyl adjacent to an activating group) is 1. The molecule has 5 unspecified atom stereocenters. The number of amides is 1. The lowest BCUT2D eigenvalue weighted by Gasteiger charge is -2.48. The Morgan fingerprint density at radius 1 is 1.00 bits per heavy atom. The third-order valence-electron chi connectivity index (χ3n) is 11.8. The topological polar surface area (TPSA) is 131 Å². The van der Waals surface area contributed by atoms with Gasteiger partial charge in [0.1, 0.15) is 17.3 Å². The van der Waals surface area contributed by atoms with Crippen molar-refractivity contribution in [2.75, 3.05) is 46.2 Å². The minimum Gasteiger partial charge on any atom is -0.511 e. The van der Waals surface area contributed by atoms with Crippen molar-refractivity contribution in [1.29, 1.82) is 0 Å². The number of phenols is 1. The van der Waals surface area contributed by atoms with E-state index in [1.807, 2.05) is 38.0 Å². The molecule has 45 heavy (non-hydrogen) atoms. The molecule has 2 saturated carbocycles. The number of likely N-dealkylation sites (tertiary alicyclic amines) is 1. The van der Waals surface area contributed by atoms with Crippen LogP contribution in [0, 0.1) is 29.6 Å². The van der Waals surface area contributed by atoms with E-state index in [-0.39, 0.29) is 40.5 Å². The lowest BCUT2D eigenvalue weighted by molar-refractivity contribution is -0.114. The molecule has 242 valence electrons. The minimum absolute atomic E-state index is 0.0261. The molecule has 0 radical (unpaired) electrons. The molecule has 5 aliphatic carbocycles. The summed E-state index contributed by atoms with van der Waals surface area (Å²) in [6.07, 6.45) is 9.00. The summed E-state index contributed by atoms with van der Waals surface area (Å²) in [7, 11) is 7.65. The van der Waals surface area contributed by atoms with Crippen molar-refractivity contribution in [3.05, 3.63) is 56.6 Å². The lowest BCUT2D eigenvalue weighted by atomic mass is 9.59.